The third kappa shape index (κ3) is 4.52. The summed E-state index contributed by atoms with van der Waals surface area (Å²) in [6.07, 6.45) is 1.98. The third-order valence-corrected chi connectivity index (χ3v) is 5.09. The Bertz CT molecular complexity index is 687. The van der Waals surface area contributed by atoms with Gasteiger partial charge in [-0.3, -0.25) is 4.79 Å². The quantitative estimate of drug-likeness (QED) is 0.584. The van der Waals surface area contributed by atoms with E-state index in [-0.39, 0.29) is 22.9 Å². The van der Waals surface area contributed by atoms with Gasteiger partial charge in [0, 0.05) is 26.1 Å². The van der Waals surface area contributed by atoms with E-state index in [1.807, 2.05) is 0 Å². The first-order chi connectivity index (χ1) is 10.9. The van der Waals surface area contributed by atoms with E-state index in [2.05, 4.69) is 9.46 Å². The summed E-state index contributed by atoms with van der Waals surface area (Å²) in [5.41, 5.74) is 0.179. The average molecular weight is 340 g/mol. The Hall–Kier alpha value is -1.93. The Balaban J connectivity index is 1.91. The first-order valence-corrected chi connectivity index (χ1v) is 8.88. The maximum atomic E-state index is 12.2. The Labute approximate surface area is 135 Å². The molecule has 0 spiro atoms. The van der Waals surface area contributed by atoms with E-state index in [1.54, 1.807) is 4.90 Å². The normalized spacial score (nSPS) is 15.0. The number of amides is 1. The average Bonchev–Trinajstić information content (AvgIpc) is 2.96. The molecule has 2 rings (SSSR count). The highest BCUT2D eigenvalue weighted by Gasteiger charge is 2.20. The smallest absolute Gasteiger partial charge is 0.337 e. The molecule has 1 aliphatic rings. The molecule has 1 N–H and O–H groups in total. The van der Waals surface area contributed by atoms with Gasteiger partial charge in [0.15, 0.2) is 0 Å². The Kier molecular flexibility index (Phi) is 5.73. The second-order valence-corrected chi connectivity index (χ2v) is 7.02. The molecule has 1 amide bonds. The van der Waals surface area contributed by atoms with Crippen LogP contribution >= 0.6 is 0 Å². The van der Waals surface area contributed by atoms with Crippen LogP contribution in [0.1, 0.15) is 29.6 Å². The Morgan fingerprint density at radius 2 is 2.17 bits per heavy atom. The lowest BCUT2D eigenvalue weighted by atomic mass is 10.2. The fourth-order valence-corrected chi connectivity index (χ4v) is 3.53. The molecular formula is C15H20N2O5S. The van der Waals surface area contributed by atoms with Crippen molar-refractivity contribution in [1.82, 2.24) is 9.62 Å². The van der Waals surface area contributed by atoms with Gasteiger partial charge in [-0.15, -0.1) is 0 Å². The molecular weight excluding hydrogens is 320 g/mol. The van der Waals surface area contributed by atoms with Crippen molar-refractivity contribution in [1.29, 1.82) is 0 Å². The first-order valence-electron chi connectivity index (χ1n) is 7.40. The number of rotatable bonds is 7. The molecule has 0 aromatic heterocycles. The highest BCUT2D eigenvalue weighted by Crippen LogP contribution is 2.13. The second kappa shape index (κ2) is 7.56. The summed E-state index contributed by atoms with van der Waals surface area (Å²) in [6, 6.07) is 5.67. The zero-order valence-corrected chi connectivity index (χ0v) is 13.8. The molecule has 126 valence electrons. The number of hydrogen-bond donors (Lipinski definition) is 1. The Morgan fingerprint density at radius 3 is 2.83 bits per heavy atom. The third-order valence-electron chi connectivity index (χ3n) is 3.63. The number of methoxy groups -OCH3 is 1. The number of nitrogens with zero attached hydrogens (tertiary/aromatic N) is 1. The van der Waals surface area contributed by atoms with Gasteiger partial charge in [0.25, 0.3) is 0 Å². The van der Waals surface area contributed by atoms with Crippen LogP contribution in [-0.4, -0.2) is 51.9 Å². The van der Waals surface area contributed by atoms with Gasteiger partial charge in [-0.25, -0.2) is 17.9 Å². The van der Waals surface area contributed by atoms with Gasteiger partial charge in [0.05, 0.1) is 17.6 Å². The SMILES string of the molecule is COC(=O)c1cccc(S(=O)(=O)NCCCN2CCCC2=O)c1. The second-order valence-electron chi connectivity index (χ2n) is 5.26. The standard InChI is InChI=1S/C15H20N2O5S/c1-22-15(19)12-5-2-6-13(11-12)23(20,21)16-8-4-10-17-9-3-7-14(17)18/h2,5-6,11,16H,3-4,7-10H2,1H3. The van der Waals surface area contributed by atoms with Crippen LogP contribution in [-0.2, 0) is 19.6 Å². The number of benzene rings is 1. The molecule has 1 saturated heterocycles. The lowest BCUT2D eigenvalue weighted by Gasteiger charge is -2.15. The van der Waals surface area contributed by atoms with Crippen LogP contribution in [0, 0.1) is 0 Å². The highest BCUT2D eigenvalue weighted by atomic mass is 32.2. The topological polar surface area (TPSA) is 92.8 Å². The van der Waals surface area contributed by atoms with Gasteiger partial charge in [0.2, 0.25) is 15.9 Å². The molecule has 23 heavy (non-hydrogen) atoms. The van der Waals surface area contributed by atoms with E-state index < -0.39 is 16.0 Å². The number of nitrogens with one attached hydrogen (secondary N) is 1. The van der Waals surface area contributed by atoms with E-state index in [0.717, 1.165) is 13.0 Å². The predicted octanol–water partition coefficient (Wildman–Crippen LogP) is 0.764. The number of hydrogen-bond acceptors (Lipinski definition) is 5. The number of sulfonamides is 1. The molecule has 0 atom stereocenters. The van der Waals surface area contributed by atoms with Crippen molar-refractivity contribution in [3.63, 3.8) is 0 Å². The van der Waals surface area contributed by atoms with E-state index in [9.17, 15) is 18.0 Å². The lowest BCUT2D eigenvalue weighted by molar-refractivity contribution is -0.127. The first kappa shape index (κ1) is 17.4. The van der Waals surface area contributed by atoms with Crippen LogP contribution in [0.3, 0.4) is 0 Å². The summed E-state index contributed by atoms with van der Waals surface area (Å²) in [4.78, 5) is 24.7. The molecule has 1 fully saturated rings. The zero-order valence-electron chi connectivity index (χ0n) is 12.9. The fourth-order valence-electron chi connectivity index (χ4n) is 2.41. The summed E-state index contributed by atoms with van der Waals surface area (Å²) >= 11 is 0. The van der Waals surface area contributed by atoms with Gasteiger partial charge in [0.1, 0.15) is 0 Å². The molecule has 1 aromatic rings. The molecule has 7 nitrogen and oxygen atoms in total. The number of ether oxygens (including phenoxy) is 1. The van der Waals surface area contributed by atoms with Gasteiger partial charge < -0.3 is 9.64 Å². The minimum Gasteiger partial charge on any atom is -0.465 e. The molecule has 1 aromatic carbocycles. The van der Waals surface area contributed by atoms with Crippen LogP contribution in [0.5, 0.6) is 0 Å². The minimum absolute atomic E-state index is 0.0117. The van der Waals surface area contributed by atoms with Crippen LogP contribution in [0.25, 0.3) is 0 Å². The van der Waals surface area contributed by atoms with Crippen molar-refractivity contribution in [3.8, 4) is 0 Å². The van der Waals surface area contributed by atoms with Crippen molar-refractivity contribution < 1.29 is 22.7 Å². The Morgan fingerprint density at radius 1 is 1.39 bits per heavy atom. The molecule has 0 unspecified atom stereocenters. The van der Waals surface area contributed by atoms with E-state index >= 15 is 0 Å². The van der Waals surface area contributed by atoms with Gasteiger partial charge in [-0.05, 0) is 31.0 Å². The predicted molar refractivity (Wildman–Crippen MR) is 83.4 cm³/mol. The van der Waals surface area contributed by atoms with Crippen LogP contribution < -0.4 is 4.72 Å². The van der Waals surface area contributed by atoms with Crippen molar-refractivity contribution in [3.05, 3.63) is 29.8 Å². The fraction of sp³-hybridized carbons (Fsp3) is 0.467. The van der Waals surface area contributed by atoms with E-state index in [0.29, 0.717) is 19.4 Å². The summed E-state index contributed by atoms with van der Waals surface area (Å²) in [5.74, 6) is -0.465. The minimum atomic E-state index is -3.70. The summed E-state index contributed by atoms with van der Waals surface area (Å²) in [5, 5.41) is 0. The molecule has 0 radical (unpaired) electrons. The van der Waals surface area contributed by atoms with Gasteiger partial charge in [-0.1, -0.05) is 6.07 Å². The van der Waals surface area contributed by atoms with Crippen molar-refractivity contribution in [2.45, 2.75) is 24.2 Å². The van der Waals surface area contributed by atoms with Crippen molar-refractivity contribution in [2.24, 2.45) is 0 Å². The molecule has 0 aliphatic carbocycles. The maximum Gasteiger partial charge on any atom is 0.337 e. The number of carbonyl (C=O) groups is 2. The molecule has 0 bridgehead atoms. The number of carbonyl (C=O) groups excluding carboxylic acids is 2. The van der Waals surface area contributed by atoms with E-state index in [1.165, 1.54) is 31.4 Å². The van der Waals surface area contributed by atoms with Crippen LogP contribution in [0.4, 0.5) is 0 Å². The van der Waals surface area contributed by atoms with E-state index in [4.69, 9.17) is 0 Å². The van der Waals surface area contributed by atoms with Crippen LogP contribution in [0.2, 0.25) is 0 Å². The number of esters is 1. The van der Waals surface area contributed by atoms with Crippen molar-refractivity contribution >= 4 is 21.9 Å². The van der Waals surface area contributed by atoms with Crippen molar-refractivity contribution in [2.75, 3.05) is 26.7 Å². The monoisotopic (exact) mass is 340 g/mol. The van der Waals surface area contributed by atoms with Gasteiger partial charge >= 0.3 is 5.97 Å². The largest absolute Gasteiger partial charge is 0.465 e. The molecule has 1 aliphatic heterocycles. The number of likely N-dealkylation sites (tertiary alicyclic amines) is 1. The molecule has 1 heterocycles. The zero-order chi connectivity index (χ0) is 16.9. The van der Waals surface area contributed by atoms with Crippen LogP contribution in [0.15, 0.2) is 29.2 Å². The highest BCUT2D eigenvalue weighted by molar-refractivity contribution is 7.89. The maximum absolute atomic E-state index is 12.2. The lowest BCUT2D eigenvalue weighted by Crippen LogP contribution is -2.30. The summed E-state index contributed by atoms with van der Waals surface area (Å²) in [6.45, 7) is 1.52. The molecule has 0 saturated carbocycles. The summed E-state index contributed by atoms with van der Waals surface area (Å²) < 4.78 is 31.5. The summed E-state index contributed by atoms with van der Waals surface area (Å²) in [7, 11) is -2.46. The molecule has 8 heteroatoms. The van der Waals surface area contributed by atoms with Gasteiger partial charge in [-0.2, -0.15) is 0 Å².